The van der Waals surface area contributed by atoms with Crippen molar-refractivity contribution in [1.82, 2.24) is 9.88 Å². The van der Waals surface area contributed by atoms with Crippen molar-refractivity contribution in [3.8, 4) is 6.07 Å². The van der Waals surface area contributed by atoms with Gasteiger partial charge in [-0.25, -0.2) is 9.69 Å². The van der Waals surface area contributed by atoms with E-state index in [-0.39, 0.29) is 12.5 Å². The highest BCUT2D eigenvalue weighted by Crippen LogP contribution is 2.47. The number of nitrogens with zero attached hydrogens (tertiary/aromatic N) is 3. The zero-order valence-electron chi connectivity index (χ0n) is 19.3. The van der Waals surface area contributed by atoms with Crippen LogP contribution in [0.1, 0.15) is 49.8 Å². The third-order valence-corrected chi connectivity index (χ3v) is 6.06. The highest BCUT2D eigenvalue weighted by atomic mass is 16.6. The molecule has 1 atom stereocenters. The van der Waals surface area contributed by atoms with E-state index in [1.165, 1.54) is 4.90 Å². The maximum atomic E-state index is 13.8. The molecular weight excluding hydrogens is 428 g/mol. The molecule has 2 aromatic carbocycles. The Morgan fingerprint density at radius 3 is 2.65 bits per heavy atom. The highest BCUT2D eigenvalue weighted by Gasteiger charge is 2.42. The van der Waals surface area contributed by atoms with Gasteiger partial charge in [-0.15, -0.1) is 0 Å². The molecule has 7 nitrogen and oxygen atoms in total. The van der Waals surface area contributed by atoms with Crippen LogP contribution in [0, 0.1) is 11.3 Å². The summed E-state index contributed by atoms with van der Waals surface area (Å²) in [6.45, 7) is 5.58. The van der Waals surface area contributed by atoms with Gasteiger partial charge in [-0.1, -0.05) is 18.2 Å². The van der Waals surface area contributed by atoms with E-state index in [4.69, 9.17) is 4.74 Å². The Labute approximate surface area is 197 Å². The number of hydrogen-bond acceptors (Lipinski definition) is 6. The first-order valence-electron chi connectivity index (χ1n) is 11.2. The standard InChI is InChI=1S/C27H24N4O3/c1-27(2,3)34-26(33)31-14-12-21-24(25(31)32)22(17-8-6-16(15-28)7-9-17)23-18-5-4-13-29-19(18)10-11-20(23)30-21/h4-11,13,22,30H,12,14H2,1-3H3. The number of nitrogens with one attached hydrogen (secondary N) is 1. The summed E-state index contributed by atoms with van der Waals surface area (Å²) in [6.07, 6.45) is 1.59. The summed E-state index contributed by atoms with van der Waals surface area (Å²) in [7, 11) is 0. The molecule has 7 heteroatoms. The Balaban J connectivity index is 1.68. The molecular formula is C27H24N4O3. The smallest absolute Gasteiger partial charge is 0.417 e. The molecule has 2 aliphatic heterocycles. The van der Waals surface area contributed by atoms with Gasteiger partial charge in [0.1, 0.15) is 5.60 Å². The van der Waals surface area contributed by atoms with Crippen LogP contribution in [-0.4, -0.2) is 34.0 Å². The van der Waals surface area contributed by atoms with Crippen LogP contribution in [0.15, 0.2) is 66.0 Å². The van der Waals surface area contributed by atoms with Crippen LogP contribution in [-0.2, 0) is 9.53 Å². The lowest BCUT2D eigenvalue weighted by atomic mass is 9.77. The molecule has 0 saturated heterocycles. The summed E-state index contributed by atoms with van der Waals surface area (Å²) in [5.41, 5.74) is 4.67. The van der Waals surface area contributed by atoms with E-state index in [0.29, 0.717) is 17.6 Å². The number of anilines is 1. The van der Waals surface area contributed by atoms with Crippen molar-refractivity contribution in [1.29, 1.82) is 5.26 Å². The summed E-state index contributed by atoms with van der Waals surface area (Å²) in [5, 5.41) is 13.6. The zero-order valence-corrected chi connectivity index (χ0v) is 19.3. The number of fused-ring (bicyclic) bond motifs is 3. The van der Waals surface area contributed by atoms with Crippen molar-refractivity contribution in [3.05, 3.63) is 82.7 Å². The van der Waals surface area contributed by atoms with Crippen molar-refractivity contribution in [2.45, 2.75) is 38.7 Å². The van der Waals surface area contributed by atoms with Gasteiger partial charge in [0.25, 0.3) is 5.91 Å². The Kier molecular flexibility index (Phi) is 5.09. The second-order valence-electron chi connectivity index (χ2n) is 9.47. The van der Waals surface area contributed by atoms with E-state index >= 15 is 0 Å². The molecule has 0 fully saturated rings. The van der Waals surface area contributed by atoms with Crippen LogP contribution < -0.4 is 5.32 Å². The number of carbonyl (C=O) groups is 2. The molecule has 0 bridgehead atoms. The first-order chi connectivity index (χ1) is 16.3. The van der Waals surface area contributed by atoms with Crippen LogP contribution in [0.25, 0.3) is 10.9 Å². The summed E-state index contributed by atoms with van der Waals surface area (Å²) in [5.74, 6) is -0.798. The number of carbonyl (C=O) groups excluding carboxylic acids is 2. The number of pyridine rings is 1. The third-order valence-electron chi connectivity index (χ3n) is 6.06. The summed E-state index contributed by atoms with van der Waals surface area (Å²) in [6, 6.07) is 17.2. The van der Waals surface area contributed by atoms with E-state index in [1.807, 2.05) is 36.4 Å². The van der Waals surface area contributed by atoms with Gasteiger partial charge in [0.2, 0.25) is 0 Å². The average molecular weight is 453 g/mol. The van der Waals surface area contributed by atoms with Gasteiger partial charge in [0.05, 0.1) is 17.1 Å². The lowest BCUT2D eigenvalue weighted by Gasteiger charge is -2.38. The van der Waals surface area contributed by atoms with Crippen LogP contribution in [0.5, 0.6) is 0 Å². The lowest BCUT2D eigenvalue weighted by molar-refractivity contribution is -0.127. The minimum atomic E-state index is -0.710. The van der Waals surface area contributed by atoms with E-state index < -0.39 is 17.6 Å². The van der Waals surface area contributed by atoms with Gasteiger partial charge in [-0.2, -0.15) is 5.26 Å². The molecule has 2 amide bonds. The van der Waals surface area contributed by atoms with Crippen LogP contribution in [0.4, 0.5) is 10.5 Å². The van der Waals surface area contributed by atoms with Gasteiger partial charge in [0.15, 0.2) is 0 Å². The number of rotatable bonds is 1. The van der Waals surface area contributed by atoms with E-state index in [2.05, 4.69) is 16.4 Å². The molecule has 34 heavy (non-hydrogen) atoms. The SMILES string of the molecule is CC(C)(C)OC(=O)N1CCC2=C(C1=O)C(c1ccc(C#N)cc1)c1c(ccc3ncccc13)N2. The summed E-state index contributed by atoms with van der Waals surface area (Å²) < 4.78 is 5.52. The fraction of sp³-hybridized carbons (Fsp3) is 0.259. The first-order valence-corrected chi connectivity index (χ1v) is 11.2. The lowest BCUT2D eigenvalue weighted by Crippen LogP contribution is -2.47. The molecule has 0 radical (unpaired) electrons. The minimum Gasteiger partial charge on any atom is -0.443 e. The second-order valence-corrected chi connectivity index (χ2v) is 9.47. The molecule has 1 unspecified atom stereocenters. The molecule has 5 rings (SSSR count). The van der Waals surface area contributed by atoms with Gasteiger partial charge < -0.3 is 10.1 Å². The number of nitriles is 1. The number of amides is 2. The number of ether oxygens (including phenoxy) is 1. The van der Waals surface area contributed by atoms with Crippen molar-refractivity contribution < 1.29 is 14.3 Å². The van der Waals surface area contributed by atoms with Crippen LogP contribution >= 0.6 is 0 Å². The van der Waals surface area contributed by atoms with Gasteiger partial charge in [-0.3, -0.25) is 9.78 Å². The Morgan fingerprint density at radius 1 is 1.18 bits per heavy atom. The topological polar surface area (TPSA) is 95.3 Å². The van der Waals surface area contributed by atoms with Gasteiger partial charge in [0, 0.05) is 47.4 Å². The largest absolute Gasteiger partial charge is 0.443 e. The maximum absolute atomic E-state index is 13.8. The van der Waals surface area contributed by atoms with Gasteiger partial charge >= 0.3 is 6.09 Å². The number of benzene rings is 2. The maximum Gasteiger partial charge on any atom is 0.417 e. The quantitative estimate of drug-likeness (QED) is 0.553. The first kappa shape index (κ1) is 21.7. The van der Waals surface area contributed by atoms with Crippen molar-refractivity contribution in [2.75, 3.05) is 11.9 Å². The molecule has 1 N–H and O–H groups in total. The molecule has 170 valence electrons. The number of aromatic nitrogens is 1. The van der Waals surface area contributed by atoms with E-state index in [1.54, 1.807) is 39.1 Å². The fourth-order valence-corrected chi connectivity index (χ4v) is 4.64. The van der Waals surface area contributed by atoms with E-state index in [0.717, 1.165) is 33.4 Å². The second kappa shape index (κ2) is 7.99. The van der Waals surface area contributed by atoms with Crippen molar-refractivity contribution >= 4 is 28.6 Å². The Morgan fingerprint density at radius 2 is 1.94 bits per heavy atom. The molecule has 3 aromatic rings. The third kappa shape index (κ3) is 3.67. The average Bonchev–Trinajstić information content (AvgIpc) is 2.81. The molecule has 0 spiro atoms. The van der Waals surface area contributed by atoms with Crippen LogP contribution in [0.3, 0.4) is 0 Å². The summed E-state index contributed by atoms with van der Waals surface area (Å²) in [4.78, 5) is 32.4. The number of imide groups is 1. The molecule has 2 aliphatic rings. The van der Waals surface area contributed by atoms with Crippen molar-refractivity contribution in [3.63, 3.8) is 0 Å². The minimum absolute atomic E-state index is 0.240. The molecule has 0 aliphatic carbocycles. The van der Waals surface area contributed by atoms with E-state index in [9.17, 15) is 14.9 Å². The Hall–Kier alpha value is -4.18. The normalized spacial score (nSPS) is 17.5. The van der Waals surface area contributed by atoms with Crippen molar-refractivity contribution in [2.24, 2.45) is 0 Å². The molecule has 0 saturated carbocycles. The van der Waals surface area contributed by atoms with Crippen LogP contribution in [0.2, 0.25) is 0 Å². The monoisotopic (exact) mass is 452 g/mol. The summed E-state index contributed by atoms with van der Waals surface area (Å²) >= 11 is 0. The Bertz CT molecular complexity index is 1390. The predicted molar refractivity (Wildman–Crippen MR) is 128 cm³/mol. The zero-order chi connectivity index (χ0) is 24.0. The predicted octanol–water partition coefficient (Wildman–Crippen LogP) is 5.09. The van der Waals surface area contributed by atoms with Gasteiger partial charge in [-0.05, 0) is 62.2 Å². The highest BCUT2D eigenvalue weighted by molar-refractivity contribution is 6.08. The molecule has 3 heterocycles. The fourth-order valence-electron chi connectivity index (χ4n) is 4.64. The number of hydrogen-bond donors (Lipinski definition) is 1. The molecule has 1 aromatic heterocycles.